The van der Waals surface area contributed by atoms with Gasteiger partial charge in [-0.15, -0.1) is 0 Å². The topological polar surface area (TPSA) is 52.3 Å². The Labute approximate surface area is 94.2 Å². The molecule has 3 nitrogen and oxygen atoms in total. The summed E-state index contributed by atoms with van der Waals surface area (Å²) in [6.07, 6.45) is 0. The van der Waals surface area contributed by atoms with Gasteiger partial charge in [-0.25, -0.2) is 0 Å². The second kappa shape index (κ2) is 4.64. The van der Waals surface area contributed by atoms with Crippen molar-refractivity contribution in [3.8, 4) is 0 Å². The normalized spacial score (nSPS) is 11.2. The lowest BCUT2D eigenvalue weighted by Gasteiger charge is -2.16. The van der Waals surface area contributed by atoms with Crippen LogP contribution in [-0.2, 0) is 16.1 Å². The highest BCUT2D eigenvalue weighted by molar-refractivity contribution is 6.30. The van der Waals surface area contributed by atoms with Gasteiger partial charge < -0.3 is 10.5 Å². The van der Waals surface area contributed by atoms with Crippen molar-refractivity contribution in [3.63, 3.8) is 0 Å². The van der Waals surface area contributed by atoms with Gasteiger partial charge in [-0.05, 0) is 31.5 Å². The third kappa shape index (κ3) is 3.90. The van der Waals surface area contributed by atoms with Crippen molar-refractivity contribution in [2.75, 3.05) is 0 Å². The van der Waals surface area contributed by atoms with Crippen molar-refractivity contribution >= 4 is 17.6 Å². The molecule has 0 fully saturated rings. The van der Waals surface area contributed by atoms with Crippen molar-refractivity contribution in [2.45, 2.75) is 26.0 Å². The number of benzene rings is 1. The highest BCUT2D eigenvalue weighted by Gasteiger charge is 2.23. The number of ether oxygens (including phenoxy) is 1. The largest absolute Gasteiger partial charge is 0.459 e. The molecule has 0 saturated carbocycles. The van der Waals surface area contributed by atoms with Crippen molar-refractivity contribution in [2.24, 2.45) is 5.73 Å². The number of hydrogen-bond acceptors (Lipinski definition) is 3. The smallest absolute Gasteiger partial charge is 0.325 e. The van der Waals surface area contributed by atoms with E-state index in [1.165, 1.54) is 0 Å². The van der Waals surface area contributed by atoms with Crippen LogP contribution in [-0.4, -0.2) is 11.5 Å². The van der Waals surface area contributed by atoms with E-state index in [0.29, 0.717) is 5.02 Å². The van der Waals surface area contributed by atoms with Crippen LogP contribution >= 0.6 is 11.6 Å². The van der Waals surface area contributed by atoms with E-state index in [-0.39, 0.29) is 6.61 Å². The second-order valence-electron chi connectivity index (χ2n) is 3.92. The first-order chi connectivity index (χ1) is 6.89. The Kier molecular flexibility index (Phi) is 3.72. The maximum Gasteiger partial charge on any atom is 0.325 e. The van der Waals surface area contributed by atoms with Crippen molar-refractivity contribution in [1.29, 1.82) is 0 Å². The number of carbonyl (C=O) groups excluding carboxylic acids is 1. The lowest BCUT2D eigenvalue weighted by atomic mass is 10.1. The van der Waals surface area contributed by atoms with Gasteiger partial charge in [0.2, 0.25) is 0 Å². The molecule has 0 aromatic heterocycles. The minimum atomic E-state index is -0.952. The summed E-state index contributed by atoms with van der Waals surface area (Å²) in [5.74, 6) is -0.419. The molecular formula is C11H14ClNO2. The SMILES string of the molecule is CC(C)(N)C(=O)OCc1ccc(Cl)cc1. The van der Waals surface area contributed by atoms with Gasteiger partial charge >= 0.3 is 5.97 Å². The summed E-state index contributed by atoms with van der Waals surface area (Å²) in [5, 5.41) is 0.657. The Bertz CT molecular complexity index is 341. The third-order valence-corrected chi connectivity index (χ3v) is 2.06. The number of carbonyl (C=O) groups is 1. The van der Waals surface area contributed by atoms with Gasteiger partial charge in [-0.2, -0.15) is 0 Å². The van der Waals surface area contributed by atoms with Crippen LogP contribution in [0.1, 0.15) is 19.4 Å². The van der Waals surface area contributed by atoms with Gasteiger partial charge in [0, 0.05) is 5.02 Å². The minimum Gasteiger partial charge on any atom is -0.459 e. The maximum absolute atomic E-state index is 11.3. The lowest BCUT2D eigenvalue weighted by molar-refractivity contribution is -0.150. The molecule has 1 rings (SSSR count). The molecule has 0 amide bonds. The second-order valence-corrected chi connectivity index (χ2v) is 4.36. The summed E-state index contributed by atoms with van der Waals surface area (Å²) in [7, 11) is 0. The Hall–Kier alpha value is -1.06. The monoisotopic (exact) mass is 227 g/mol. The summed E-state index contributed by atoms with van der Waals surface area (Å²) in [6, 6.07) is 7.11. The van der Waals surface area contributed by atoms with Gasteiger partial charge in [0.05, 0.1) is 0 Å². The summed E-state index contributed by atoms with van der Waals surface area (Å²) >= 11 is 5.72. The first-order valence-electron chi connectivity index (χ1n) is 4.60. The zero-order valence-corrected chi connectivity index (χ0v) is 9.54. The van der Waals surface area contributed by atoms with Crippen molar-refractivity contribution in [1.82, 2.24) is 0 Å². The molecule has 0 radical (unpaired) electrons. The number of rotatable bonds is 3. The fraction of sp³-hybridized carbons (Fsp3) is 0.364. The fourth-order valence-electron chi connectivity index (χ4n) is 0.916. The molecule has 0 aliphatic heterocycles. The fourth-order valence-corrected chi connectivity index (χ4v) is 1.04. The first kappa shape index (κ1) is 12.0. The van der Waals surface area contributed by atoms with Gasteiger partial charge in [-0.3, -0.25) is 4.79 Å². The molecule has 0 aliphatic rings. The third-order valence-electron chi connectivity index (χ3n) is 1.81. The van der Waals surface area contributed by atoms with E-state index in [0.717, 1.165) is 5.56 Å². The molecule has 1 aromatic carbocycles. The molecule has 0 aliphatic carbocycles. The molecule has 15 heavy (non-hydrogen) atoms. The Morgan fingerprint density at radius 3 is 2.40 bits per heavy atom. The number of esters is 1. The average Bonchev–Trinajstić information content (AvgIpc) is 2.15. The Morgan fingerprint density at radius 2 is 1.93 bits per heavy atom. The van der Waals surface area contributed by atoms with Crippen LogP contribution in [0.3, 0.4) is 0 Å². The number of halogens is 1. The molecule has 0 atom stereocenters. The molecule has 2 N–H and O–H groups in total. The van der Waals surface area contributed by atoms with Crippen LogP contribution < -0.4 is 5.73 Å². The molecule has 0 heterocycles. The Morgan fingerprint density at radius 1 is 1.40 bits per heavy atom. The van der Waals surface area contributed by atoms with E-state index in [1.54, 1.807) is 38.1 Å². The van der Waals surface area contributed by atoms with Gasteiger partial charge in [-0.1, -0.05) is 23.7 Å². The van der Waals surface area contributed by atoms with Crippen LogP contribution in [0.25, 0.3) is 0 Å². The summed E-state index contributed by atoms with van der Waals surface area (Å²) in [4.78, 5) is 11.3. The minimum absolute atomic E-state index is 0.219. The highest BCUT2D eigenvalue weighted by Crippen LogP contribution is 2.11. The Balaban J connectivity index is 2.51. The van der Waals surface area contributed by atoms with E-state index in [1.807, 2.05) is 0 Å². The molecule has 0 unspecified atom stereocenters. The zero-order chi connectivity index (χ0) is 11.5. The quantitative estimate of drug-likeness (QED) is 0.805. The number of hydrogen-bond donors (Lipinski definition) is 1. The van der Waals surface area contributed by atoms with E-state index in [2.05, 4.69) is 0 Å². The predicted molar refractivity (Wildman–Crippen MR) is 59.5 cm³/mol. The van der Waals surface area contributed by atoms with E-state index >= 15 is 0 Å². The van der Waals surface area contributed by atoms with E-state index in [9.17, 15) is 4.79 Å². The first-order valence-corrected chi connectivity index (χ1v) is 4.98. The van der Waals surface area contributed by atoms with Crippen LogP contribution in [0.5, 0.6) is 0 Å². The summed E-state index contributed by atoms with van der Waals surface area (Å²) in [6.45, 7) is 3.44. The van der Waals surface area contributed by atoms with Crippen LogP contribution in [0.2, 0.25) is 5.02 Å². The van der Waals surface area contributed by atoms with Crippen molar-refractivity contribution in [3.05, 3.63) is 34.9 Å². The van der Waals surface area contributed by atoms with Crippen LogP contribution in [0, 0.1) is 0 Å². The lowest BCUT2D eigenvalue weighted by Crippen LogP contribution is -2.42. The zero-order valence-electron chi connectivity index (χ0n) is 8.79. The molecule has 0 saturated heterocycles. The number of nitrogens with two attached hydrogens (primary N) is 1. The van der Waals surface area contributed by atoms with Gasteiger partial charge in [0.15, 0.2) is 0 Å². The standard InChI is InChI=1S/C11H14ClNO2/c1-11(2,13)10(14)15-7-8-3-5-9(12)6-4-8/h3-6H,7,13H2,1-2H3. The maximum atomic E-state index is 11.3. The van der Waals surface area contributed by atoms with Crippen LogP contribution in [0.15, 0.2) is 24.3 Å². The highest BCUT2D eigenvalue weighted by atomic mass is 35.5. The van der Waals surface area contributed by atoms with Crippen molar-refractivity contribution < 1.29 is 9.53 Å². The molecule has 0 spiro atoms. The molecule has 0 bridgehead atoms. The molecule has 1 aromatic rings. The van der Waals surface area contributed by atoms with Crippen LogP contribution in [0.4, 0.5) is 0 Å². The molecule has 82 valence electrons. The van der Waals surface area contributed by atoms with Gasteiger partial charge in [0.1, 0.15) is 12.1 Å². The summed E-state index contributed by atoms with van der Waals surface area (Å²) in [5.41, 5.74) is 5.51. The van der Waals surface area contributed by atoms with Gasteiger partial charge in [0.25, 0.3) is 0 Å². The van der Waals surface area contributed by atoms with E-state index in [4.69, 9.17) is 22.1 Å². The summed E-state index contributed by atoms with van der Waals surface area (Å²) < 4.78 is 5.03. The molecule has 4 heteroatoms. The predicted octanol–water partition coefficient (Wildman–Crippen LogP) is 2.12. The molecular weight excluding hydrogens is 214 g/mol. The average molecular weight is 228 g/mol. The van der Waals surface area contributed by atoms with E-state index < -0.39 is 11.5 Å².